The SMILES string of the molecule is CCC(C)(C)CNCc1cn[nH]c1-c1cccs1. The van der Waals surface area contributed by atoms with Gasteiger partial charge in [0.2, 0.25) is 0 Å². The van der Waals surface area contributed by atoms with Crippen LogP contribution in [0.4, 0.5) is 0 Å². The van der Waals surface area contributed by atoms with Gasteiger partial charge < -0.3 is 5.32 Å². The van der Waals surface area contributed by atoms with Crippen molar-refractivity contribution in [1.82, 2.24) is 15.5 Å². The highest BCUT2D eigenvalue weighted by Crippen LogP contribution is 2.26. The summed E-state index contributed by atoms with van der Waals surface area (Å²) in [6, 6.07) is 4.19. The number of hydrogen-bond acceptors (Lipinski definition) is 3. The lowest BCUT2D eigenvalue weighted by atomic mass is 9.90. The van der Waals surface area contributed by atoms with Gasteiger partial charge in [0.05, 0.1) is 16.8 Å². The molecule has 0 saturated heterocycles. The maximum absolute atomic E-state index is 4.16. The fourth-order valence-corrected chi connectivity index (χ4v) is 2.50. The van der Waals surface area contributed by atoms with E-state index < -0.39 is 0 Å². The quantitative estimate of drug-likeness (QED) is 0.835. The zero-order valence-electron chi connectivity index (χ0n) is 11.3. The van der Waals surface area contributed by atoms with Crippen molar-refractivity contribution in [2.45, 2.75) is 33.7 Å². The third-order valence-electron chi connectivity index (χ3n) is 3.36. The zero-order valence-corrected chi connectivity index (χ0v) is 12.1. The minimum atomic E-state index is 0.354. The second-order valence-corrected chi connectivity index (χ2v) is 6.32. The van der Waals surface area contributed by atoms with Gasteiger partial charge in [-0.2, -0.15) is 5.10 Å². The number of nitrogens with one attached hydrogen (secondary N) is 2. The van der Waals surface area contributed by atoms with E-state index in [2.05, 4.69) is 53.8 Å². The second kappa shape index (κ2) is 5.67. The molecule has 2 rings (SSSR count). The first kappa shape index (κ1) is 13.3. The van der Waals surface area contributed by atoms with Crippen LogP contribution in [0.2, 0.25) is 0 Å². The minimum absolute atomic E-state index is 0.354. The summed E-state index contributed by atoms with van der Waals surface area (Å²) in [7, 11) is 0. The Bertz CT molecular complexity index is 471. The summed E-state index contributed by atoms with van der Waals surface area (Å²) < 4.78 is 0. The third-order valence-corrected chi connectivity index (χ3v) is 4.25. The number of hydrogen-bond donors (Lipinski definition) is 2. The lowest BCUT2D eigenvalue weighted by Gasteiger charge is -2.22. The van der Waals surface area contributed by atoms with Crippen molar-refractivity contribution in [2.75, 3.05) is 6.54 Å². The molecule has 2 N–H and O–H groups in total. The van der Waals surface area contributed by atoms with E-state index >= 15 is 0 Å². The first-order valence-electron chi connectivity index (χ1n) is 6.39. The van der Waals surface area contributed by atoms with Crippen molar-refractivity contribution in [1.29, 1.82) is 0 Å². The number of nitrogens with zero attached hydrogens (tertiary/aromatic N) is 1. The molecule has 0 saturated carbocycles. The smallest absolute Gasteiger partial charge is 0.0794 e. The van der Waals surface area contributed by atoms with Crippen molar-refractivity contribution >= 4 is 11.3 Å². The Balaban J connectivity index is 1.97. The Morgan fingerprint density at radius 2 is 2.28 bits per heavy atom. The van der Waals surface area contributed by atoms with Gasteiger partial charge in [0.15, 0.2) is 0 Å². The summed E-state index contributed by atoms with van der Waals surface area (Å²) in [6.07, 6.45) is 3.10. The molecule has 0 amide bonds. The molecule has 0 fully saturated rings. The zero-order chi connectivity index (χ0) is 13.0. The van der Waals surface area contributed by atoms with Crippen molar-refractivity contribution in [3.05, 3.63) is 29.3 Å². The van der Waals surface area contributed by atoms with Gasteiger partial charge in [-0.3, -0.25) is 5.10 Å². The third kappa shape index (κ3) is 3.21. The molecule has 0 aliphatic rings. The topological polar surface area (TPSA) is 40.7 Å². The normalized spacial score (nSPS) is 11.9. The van der Waals surface area contributed by atoms with Crippen LogP contribution in [0.3, 0.4) is 0 Å². The van der Waals surface area contributed by atoms with Gasteiger partial charge in [-0.25, -0.2) is 0 Å². The Morgan fingerprint density at radius 1 is 1.44 bits per heavy atom. The van der Waals surface area contributed by atoms with Crippen LogP contribution in [0.15, 0.2) is 23.7 Å². The van der Waals surface area contributed by atoms with Crippen LogP contribution in [0, 0.1) is 5.41 Å². The standard InChI is InChI=1S/C14H21N3S/c1-4-14(2,3)10-15-8-11-9-16-17-13(11)12-6-5-7-18-12/h5-7,9,15H,4,8,10H2,1-3H3,(H,16,17). The number of rotatable bonds is 6. The van der Waals surface area contributed by atoms with E-state index in [4.69, 9.17) is 0 Å². The molecule has 0 bridgehead atoms. The monoisotopic (exact) mass is 263 g/mol. The van der Waals surface area contributed by atoms with Crippen LogP contribution < -0.4 is 5.32 Å². The predicted octanol–water partition coefficient (Wildman–Crippen LogP) is 3.66. The Hall–Kier alpha value is -1.13. The highest BCUT2D eigenvalue weighted by molar-refractivity contribution is 7.13. The van der Waals surface area contributed by atoms with Crippen LogP contribution in [0.5, 0.6) is 0 Å². The molecule has 18 heavy (non-hydrogen) atoms. The van der Waals surface area contributed by atoms with Gasteiger partial charge in [0, 0.05) is 18.7 Å². The van der Waals surface area contributed by atoms with E-state index in [9.17, 15) is 0 Å². The maximum Gasteiger partial charge on any atom is 0.0794 e. The Labute approximate surface area is 113 Å². The fourth-order valence-electron chi connectivity index (χ4n) is 1.74. The molecule has 0 aliphatic heterocycles. The fraction of sp³-hybridized carbons (Fsp3) is 0.500. The number of aromatic amines is 1. The Kier molecular flexibility index (Phi) is 4.19. The van der Waals surface area contributed by atoms with Gasteiger partial charge >= 0.3 is 0 Å². The summed E-state index contributed by atoms with van der Waals surface area (Å²) in [5.41, 5.74) is 2.74. The molecule has 98 valence electrons. The van der Waals surface area contributed by atoms with E-state index in [-0.39, 0.29) is 0 Å². The lowest BCUT2D eigenvalue weighted by molar-refractivity contribution is 0.328. The minimum Gasteiger partial charge on any atom is -0.312 e. The van der Waals surface area contributed by atoms with E-state index in [1.807, 2.05) is 6.20 Å². The van der Waals surface area contributed by atoms with Crippen LogP contribution in [0.25, 0.3) is 10.6 Å². The molecule has 0 spiro atoms. The molecule has 0 aliphatic carbocycles. The molecule has 2 heterocycles. The van der Waals surface area contributed by atoms with Gasteiger partial charge in [-0.05, 0) is 23.3 Å². The summed E-state index contributed by atoms with van der Waals surface area (Å²) in [5.74, 6) is 0. The van der Waals surface area contributed by atoms with Crippen molar-refractivity contribution in [2.24, 2.45) is 5.41 Å². The van der Waals surface area contributed by atoms with Gasteiger partial charge in [-0.1, -0.05) is 26.8 Å². The van der Waals surface area contributed by atoms with Crippen LogP contribution in [-0.2, 0) is 6.54 Å². The summed E-state index contributed by atoms with van der Waals surface area (Å²) in [4.78, 5) is 1.25. The van der Waals surface area contributed by atoms with Crippen LogP contribution in [0.1, 0.15) is 32.8 Å². The molecular weight excluding hydrogens is 242 g/mol. The van der Waals surface area contributed by atoms with Crippen LogP contribution >= 0.6 is 11.3 Å². The molecule has 4 heteroatoms. The molecule has 2 aromatic heterocycles. The molecule has 3 nitrogen and oxygen atoms in total. The molecule has 0 unspecified atom stereocenters. The largest absolute Gasteiger partial charge is 0.312 e. The van der Waals surface area contributed by atoms with E-state index in [1.165, 1.54) is 16.9 Å². The van der Waals surface area contributed by atoms with Gasteiger partial charge in [0.1, 0.15) is 0 Å². The first-order chi connectivity index (χ1) is 8.62. The number of aromatic nitrogens is 2. The van der Waals surface area contributed by atoms with Crippen molar-refractivity contribution in [3.63, 3.8) is 0 Å². The van der Waals surface area contributed by atoms with Gasteiger partial charge in [0.25, 0.3) is 0 Å². The van der Waals surface area contributed by atoms with Crippen molar-refractivity contribution < 1.29 is 0 Å². The molecule has 0 radical (unpaired) electrons. The maximum atomic E-state index is 4.16. The highest BCUT2D eigenvalue weighted by atomic mass is 32.1. The number of H-pyrrole nitrogens is 1. The average molecular weight is 263 g/mol. The average Bonchev–Trinajstić information content (AvgIpc) is 2.98. The summed E-state index contributed by atoms with van der Waals surface area (Å²) in [6.45, 7) is 8.70. The number of thiophene rings is 1. The second-order valence-electron chi connectivity index (χ2n) is 5.37. The first-order valence-corrected chi connectivity index (χ1v) is 7.27. The van der Waals surface area contributed by atoms with Crippen molar-refractivity contribution in [3.8, 4) is 10.6 Å². The Morgan fingerprint density at radius 3 is 2.94 bits per heavy atom. The summed E-state index contributed by atoms with van der Waals surface area (Å²) in [5, 5.41) is 12.9. The van der Waals surface area contributed by atoms with Gasteiger partial charge in [-0.15, -0.1) is 11.3 Å². The molecule has 0 atom stereocenters. The summed E-state index contributed by atoms with van der Waals surface area (Å²) >= 11 is 1.74. The van der Waals surface area contributed by atoms with E-state index in [0.29, 0.717) is 5.41 Å². The predicted molar refractivity (Wildman–Crippen MR) is 77.7 cm³/mol. The molecule has 0 aromatic carbocycles. The van der Waals surface area contributed by atoms with E-state index in [1.54, 1.807) is 11.3 Å². The molecule has 2 aromatic rings. The highest BCUT2D eigenvalue weighted by Gasteiger charge is 2.15. The van der Waals surface area contributed by atoms with Crippen LogP contribution in [-0.4, -0.2) is 16.7 Å². The lowest BCUT2D eigenvalue weighted by Crippen LogP contribution is -2.28. The molecular formula is C14H21N3S. The van der Waals surface area contributed by atoms with E-state index in [0.717, 1.165) is 18.8 Å².